The first-order valence-electron chi connectivity index (χ1n) is 4.94. The predicted molar refractivity (Wildman–Crippen MR) is 49.6 cm³/mol. The molecule has 2 unspecified atom stereocenters. The average Bonchev–Trinajstić information content (AvgIpc) is 2.05. The second-order valence-electron chi connectivity index (χ2n) is 3.29. The average molecular weight is 158 g/mol. The van der Waals surface area contributed by atoms with Crippen molar-refractivity contribution >= 4 is 0 Å². The van der Waals surface area contributed by atoms with Crippen molar-refractivity contribution in [1.82, 2.24) is 0 Å². The maximum atomic E-state index is 9.54. The standard InChI is InChI=1S/C10H22O/c1-4-7-8-9(5-2)10(11)6-3/h9-11H,4-8H2,1-3H3. The number of hydrogen-bond acceptors (Lipinski definition) is 1. The van der Waals surface area contributed by atoms with E-state index < -0.39 is 0 Å². The topological polar surface area (TPSA) is 20.2 Å². The summed E-state index contributed by atoms with van der Waals surface area (Å²) in [5, 5.41) is 9.54. The lowest BCUT2D eigenvalue weighted by atomic mass is 9.92. The van der Waals surface area contributed by atoms with Crippen molar-refractivity contribution in [2.45, 2.75) is 59.0 Å². The molecule has 0 rings (SSSR count). The van der Waals surface area contributed by atoms with Gasteiger partial charge in [-0.2, -0.15) is 0 Å². The van der Waals surface area contributed by atoms with Gasteiger partial charge in [0.1, 0.15) is 0 Å². The fourth-order valence-corrected chi connectivity index (χ4v) is 1.47. The van der Waals surface area contributed by atoms with E-state index in [1.54, 1.807) is 0 Å². The van der Waals surface area contributed by atoms with E-state index in [2.05, 4.69) is 20.8 Å². The monoisotopic (exact) mass is 158 g/mol. The fraction of sp³-hybridized carbons (Fsp3) is 1.00. The van der Waals surface area contributed by atoms with Crippen molar-refractivity contribution in [1.29, 1.82) is 0 Å². The third-order valence-corrected chi connectivity index (χ3v) is 2.42. The van der Waals surface area contributed by atoms with Crippen molar-refractivity contribution in [3.63, 3.8) is 0 Å². The van der Waals surface area contributed by atoms with Crippen LogP contribution in [-0.4, -0.2) is 11.2 Å². The van der Waals surface area contributed by atoms with Crippen LogP contribution in [0.4, 0.5) is 0 Å². The van der Waals surface area contributed by atoms with Crippen LogP contribution in [0.1, 0.15) is 52.9 Å². The number of aliphatic hydroxyl groups excluding tert-OH is 1. The Morgan fingerprint density at radius 2 is 1.73 bits per heavy atom. The predicted octanol–water partition coefficient (Wildman–Crippen LogP) is 2.97. The van der Waals surface area contributed by atoms with Crippen molar-refractivity contribution in [2.75, 3.05) is 0 Å². The minimum atomic E-state index is -0.0634. The minimum absolute atomic E-state index is 0.0634. The van der Waals surface area contributed by atoms with Crippen LogP contribution in [0.25, 0.3) is 0 Å². The molecule has 0 fully saturated rings. The molecule has 0 aromatic heterocycles. The molecule has 2 atom stereocenters. The summed E-state index contributed by atoms with van der Waals surface area (Å²) in [6.07, 6.45) is 5.66. The van der Waals surface area contributed by atoms with Gasteiger partial charge < -0.3 is 5.11 Å². The molecule has 0 aromatic rings. The van der Waals surface area contributed by atoms with E-state index in [1.165, 1.54) is 19.3 Å². The van der Waals surface area contributed by atoms with E-state index in [0.717, 1.165) is 12.8 Å². The molecule has 0 heterocycles. The van der Waals surface area contributed by atoms with E-state index in [4.69, 9.17) is 0 Å². The minimum Gasteiger partial charge on any atom is -0.393 e. The van der Waals surface area contributed by atoms with Gasteiger partial charge in [0.05, 0.1) is 6.10 Å². The molecular weight excluding hydrogens is 136 g/mol. The highest BCUT2D eigenvalue weighted by Gasteiger charge is 2.13. The Morgan fingerprint density at radius 3 is 2.09 bits per heavy atom. The molecule has 0 saturated heterocycles. The zero-order chi connectivity index (χ0) is 8.69. The van der Waals surface area contributed by atoms with Crippen molar-refractivity contribution in [2.24, 2.45) is 5.92 Å². The van der Waals surface area contributed by atoms with E-state index >= 15 is 0 Å². The summed E-state index contributed by atoms with van der Waals surface area (Å²) in [6, 6.07) is 0. The van der Waals surface area contributed by atoms with Gasteiger partial charge in [0.25, 0.3) is 0 Å². The van der Waals surface area contributed by atoms with Crippen LogP contribution in [0.5, 0.6) is 0 Å². The number of unbranched alkanes of at least 4 members (excludes halogenated alkanes) is 1. The third kappa shape index (κ3) is 4.41. The van der Waals surface area contributed by atoms with Gasteiger partial charge in [0.2, 0.25) is 0 Å². The van der Waals surface area contributed by atoms with Gasteiger partial charge in [-0.05, 0) is 18.8 Å². The molecular formula is C10H22O. The first kappa shape index (κ1) is 11.0. The second kappa shape index (κ2) is 6.66. The molecule has 0 bridgehead atoms. The SMILES string of the molecule is CCCCC(CC)C(O)CC. The number of rotatable bonds is 6. The lowest BCUT2D eigenvalue weighted by Gasteiger charge is -2.19. The second-order valence-corrected chi connectivity index (χ2v) is 3.29. The first-order chi connectivity index (χ1) is 5.26. The lowest BCUT2D eigenvalue weighted by Crippen LogP contribution is -2.18. The summed E-state index contributed by atoms with van der Waals surface area (Å²) >= 11 is 0. The molecule has 0 amide bonds. The zero-order valence-electron chi connectivity index (χ0n) is 8.14. The summed E-state index contributed by atoms with van der Waals surface area (Å²) in [5.74, 6) is 0.542. The summed E-state index contributed by atoms with van der Waals surface area (Å²) in [7, 11) is 0. The number of aliphatic hydroxyl groups is 1. The highest BCUT2D eigenvalue weighted by Crippen LogP contribution is 2.18. The van der Waals surface area contributed by atoms with Gasteiger partial charge in [-0.3, -0.25) is 0 Å². The Morgan fingerprint density at radius 1 is 1.09 bits per heavy atom. The van der Waals surface area contributed by atoms with Crippen LogP contribution in [0, 0.1) is 5.92 Å². The summed E-state index contributed by atoms with van der Waals surface area (Å²) in [4.78, 5) is 0. The normalized spacial score (nSPS) is 16.4. The van der Waals surface area contributed by atoms with Crippen LogP contribution >= 0.6 is 0 Å². The van der Waals surface area contributed by atoms with Gasteiger partial charge in [-0.15, -0.1) is 0 Å². The zero-order valence-corrected chi connectivity index (χ0v) is 8.14. The van der Waals surface area contributed by atoms with Gasteiger partial charge >= 0.3 is 0 Å². The Hall–Kier alpha value is -0.0400. The van der Waals surface area contributed by atoms with Crippen LogP contribution < -0.4 is 0 Å². The Bertz CT molecular complexity index is 80.9. The fourth-order valence-electron chi connectivity index (χ4n) is 1.47. The quantitative estimate of drug-likeness (QED) is 0.630. The van der Waals surface area contributed by atoms with E-state index in [1.807, 2.05) is 0 Å². The van der Waals surface area contributed by atoms with Crippen molar-refractivity contribution in [3.05, 3.63) is 0 Å². The molecule has 0 aliphatic rings. The molecule has 0 spiro atoms. The van der Waals surface area contributed by atoms with Gasteiger partial charge in [0.15, 0.2) is 0 Å². The van der Waals surface area contributed by atoms with Crippen LogP contribution in [0.3, 0.4) is 0 Å². The van der Waals surface area contributed by atoms with Crippen LogP contribution in [0.2, 0.25) is 0 Å². The molecule has 11 heavy (non-hydrogen) atoms. The molecule has 0 radical (unpaired) electrons. The highest BCUT2D eigenvalue weighted by atomic mass is 16.3. The highest BCUT2D eigenvalue weighted by molar-refractivity contribution is 4.65. The van der Waals surface area contributed by atoms with Crippen LogP contribution in [-0.2, 0) is 0 Å². The largest absolute Gasteiger partial charge is 0.393 e. The van der Waals surface area contributed by atoms with E-state index in [0.29, 0.717) is 5.92 Å². The molecule has 0 aliphatic carbocycles. The molecule has 1 heteroatoms. The summed E-state index contributed by atoms with van der Waals surface area (Å²) < 4.78 is 0. The van der Waals surface area contributed by atoms with Gasteiger partial charge in [0, 0.05) is 0 Å². The molecule has 0 aromatic carbocycles. The molecule has 1 nitrogen and oxygen atoms in total. The summed E-state index contributed by atoms with van der Waals surface area (Å²) in [5.41, 5.74) is 0. The Balaban J connectivity index is 3.56. The van der Waals surface area contributed by atoms with E-state index in [-0.39, 0.29) is 6.10 Å². The lowest BCUT2D eigenvalue weighted by molar-refractivity contribution is 0.0949. The molecule has 68 valence electrons. The first-order valence-corrected chi connectivity index (χ1v) is 4.94. The van der Waals surface area contributed by atoms with Crippen molar-refractivity contribution in [3.8, 4) is 0 Å². The van der Waals surface area contributed by atoms with Crippen LogP contribution in [0.15, 0.2) is 0 Å². The Kier molecular flexibility index (Phi) is 6.63. The smallest absolute Gasteiger partial charge is 0.0565 e. The summed E-state index contributed by atoms with van der Waals surface area (Å²) in [6.45, 7) is 6.42. The van der Waals surface area contributed by atoms with Crippen molar-refractivity contribution < 1.29 is 5.11 Å². The number of hydrogen-bond donors (Lipinski definition) is 1. The Labute approximate surface area is 70.8 Å². The van der Waals surface area contributed by atoms with E-state index in [9.17, 15) is 5.11 Å². The maximum absolute atomic E-state index is 9.54. The molecule has 0 saturated carbocycles. The van der Waals surface area contributed by atoms with Gasteiger partial charge in [-0.25, -0.2) is 0 Å². The molecule has 1 N–H and O–H groups in total. The van der Waals surface area contributed by atoms with Gasteiger partial charge in [-0.1, -0.05) is 40.0 Å². The third-order valence-electron chi connectivity index (χ3n) is 2.42. The maximum Gasteiger partial charge on any atom is 0.0565 e. The molecule has 0 aliphatic heterocycles.